The maximum Gasteiger partial charge on any atom is 0.305 e. The van der Waals surface area contributed by atoms with Crippen LogP contribution in [0.4, 0.5) is 0 Å². The van der Waals surface area contributed by atoms with Crippen LogP contribution < -0.4 is 20.7 Å². The molecule has 1 aromatic heterocycles. The minimum absolute atomic E-state index is 0.0203. The van der Waals surface area contributed by atoms with Gasteiger partial charge in [0, 0.05) is 19.6 Å². The number of hydrogen-bond donors (Lipinski definition) is 4. The van der Waals surface area contributed by atoms with Crippen LogP contribution in [0.25, 0.3) is 0 Å². The molecule has 0 spiro atoms. The molecule has 0 atom stereocenters. The molecule has 10 nitrogen and oxygen atoms in total. The van der Waals surface area contributed by atoms with Crippen LogP contribution in [0.5, 0.6) is 5.88 Å². The zero-order valence-electron chi connectivity index (χ0n) is 14.5. The summed E-state index contributed by atoms with van der Waals surface area (Å²) < 4.78 is 10.2. The van der Waals surface area contributed by atoms with E-state index in [1.807, 2.05) is 13.8 Å². The molecule has 0 saturated carbocycles. The SMILES string of the molecule is CC.O=C(O)CCNC(=O)c1cc(OCCCNC2=NCCN2)no1. The van der Waals surface area contributed by atoms with Gasteiger partial charge in [0.2, 0.25) is 5.76 Å². The lowest BCUT2D eigenvalue weighted by Crippen LogP contribution is -2.34. The van der Waals surface area contributed by atoms with Crippen LogP contribution in [0.2, 0.25) is 0 Å². The summed E-state index contributed by atoms with van der Waals surface area (Å²) in [4.78, 5) is 26.2. The molecule has 140 valence electrons. The van der Waals surface area contributed by atoms with E-state index in [9.17, 15) is 9.59 Å². The summed E-state index contributed by atoms with van der Waals surface area (Å²) in [5, 5.41) is 20.7. The molecule has 4 N–H and O–H groups in total. The predicted octanol–water partition coefficient (Wildman–Crippen LogP) is 0.223. The Balaban J connectivity index is 0.00000151. The maximum atomic E-state index is 11.6. The topological polar surface area (TPSA) is 138 Å². The molecule has 0 fully saturated rings. The Morgan fingerprint density at radius 3 is 2.88 bits per heavy atom. The molecule has 0 aromatic carbocycles. The van der Waals surface area contributed by atoms with Crippen LogP contribution in [0.3, 0.4) is 0 Å². The van der Waals surface area contributed by atoms with Gasteiger partial charge in [0.1, 0.15) is 0 Å². The largest absolute Gasteiger partial charge is 0.481 e. The van der Waals surface area contributed by atoms with Gasteiger partial charge in [0.15, 0.2) is 5.96 Å². The molecule has 2 heterocycles. The van der Waals surface area contributed by atoms with Crippen LogP contribution in [0.1, 0.15) is 37.2 Å². The van der Waals surface area contributed by atoms with Gasteiger partial charge < -0.3 is 30.3 Å². The lowest BCUT2D eigenvalue weighted by molar-refractivity contribution is -0.136. The Bertz CT molecular complexity index is 572. The molecule has 1 aliphatic heterocycles. The highest BCUT2D eigenvalue weighted by Gasteiger charge is 2.13. The molecular weight excluding hydrogens is 330 g/mol. The number of carbonyl (C=O) groups excluding carboxylic acids is 1. The second kappa shape index (κ2) is 11.7. The van der Waals surface area contributed by atoms with Crippen molar-refractivity contribution in [2.45, 2.75) is 26.7 Å². The monoisotopic (exact) mass is 355 g/mol. The molecule has 2 rings (SSSR count). The van der Waals surface area contributed by atoms with Crippen molar-refractivity contribution in [2.24, 2.45) is 4.99 Å². The number of carboxylic acids is 1. The van der Waals surface area contributed by atoms with Gasteiger partial charge in [-0.25, -0.2) is 0 Å². The van der Waals surface area contributed by atoms with Gasteiger partial charge in [-0.1, -0.05) is 13.8 Å². The van der Waals surface area contributed by atoms with Crippen molar-refractivity contribution < 1.29 is 24.0 Å². The van der Waals surface area contributed by atoms with Crippen LogP contribution in [-0.2, 0) is 4.79 Å². The molecule has 0 saturated heterocycles. The Labute approximate surface area is 146 Å². The number of amides is 1. The standard InChI is InChI=1S/C13H19N5O5.C2H6/c19-11(20)2-4-14-12(21)9-8-10(18-23-9)22-7-1-3-15-13-16-5-6-17-13;1-2/h8H,1-7H2,(H,14,21)(H,19,20)(H2,15,16,17);1-2H3. The number of rotatable bonds is 9. The maximum absolute atomic E-state index is 11.6. The first-order chi connectivity index (χ1) is 12.1. The third kappa shape index (κ3) is 8.04. The molecular formula is C15H25N5O5. The van der Waals surface area contributed by atoms with E-state index in [-0.39, 0.29) is 24.6 Å². The van der Waals surface area contributed by atoms with E-state index in [4.69, 9.17) is 14.4 Å². The second-order valence-corrected chi connectivity index (χ2v) is 4.71. The van der Waals surface area contributed by atoms with Crippen molar-refractivity contribution in [2.75, 3.05) is 32.8 Å². The third-order valence-electron chi connectivity index (χ3n) is 2.87. The van der Waals surface area contributed by atoms with Crippen LogP contribution in [0.15, 0.2) is 15.6 Å². The fraction of sp³-hybridized carbons (Fsp3) is 0.600. The van der Waals surface area contributed by atoms with E-state index < -0.39 is 11.9 Å². The minimum Gasteiger partial charge on any atom is -0.481 e. The van der Waals surface area contributed by atoms with Gasteiger partial charge in [-0.2, -0.15) is 0 Å². The summed E-state index contributed by atoms with van der Waals surface area (Å²) >= 11 is 0. The van der Waals surface area contributed by atoms with Gasteiger partial charge in [-0.05, 0) is 11.6 Å². The van der Waals surface area contributed by atoms with Gasteiger partial charge in [0.25, 0.3) is 11.8 Å². The number of carboxylic acid groups (broad SMARTS) is 1. The first kappa shape index (κ1) is 20.3. The van der Waals surface area contributed by atoms with Crippen molar-refractivity contribution in [3.05, 3.63) is 11.8 Å². The number of hydrogen-bond acceptors (Lipinski definition) is 8. The van der Waals surface area contributed by atoms with Crippen molar-refractivity contribution in [1.82, 2.24) is 21.1 Å². The highest BCUT2D eigenvalue weighted by atomic mass is 16.5. The van der Waals surface area contributed by atoms with E-state index in [2.05, 4.69) is 26.1 Å². The van der Waals surface area contributed by atoms with E-state index >= 15 is 0 Å². The number of nitrogens with zero attached hydrogens (tertiary/aromatic N) is 2. The van der Waals surface area contributed by atoms with Crippen molar-refractivity contribution >= 4 is 17.8 Å². The fourth-order valence-electron chi connectivity index (χ4n) is 1.78. The third-order valence-corrected chi connectivity index (χ3v) is 2.87. The van der Waals surface area contributed by atoms with E-state index in [1.165, 1.54) is 6.07 Å². The summed E-state index contributed by atoms with van der Waals surface area (Å²) in [6.45, 7) is 6.78. The first-order valence-electron chi connectivity index (χ1n) is 8.27. The number of nitrogens with one attached hydrogen (secondary N) is 3. The summed E-state index contributed by atoms with van der Waals surface area (Å²) in [5.41, 5.74) is 0. The number of aliphatic imine (C=N–C) groups is 1. The zero-order valence-corrected chi connectivity index (χ0v) is 14.5. The smallest absolute Gasteiger partial charge is 0.305 e. The van der Waals surface area contributed by atoms with E-state index in [1.54, 1.807) is 0 Å². The molecule has 10 heteroatoms. The molecule has 0 bridgehead atoms. The van der Waals surface area contributed by atoms with Crippen LogP contribution >= 0.6 is 0 Å². The second-order valence-electron chi connectivity index (χ2n) is 4.71. The summed E-state index contributed by atoms with van der Waals surface area (Å²) in [5.74, 6) is -0.524. The average Bonchev–Trinajstić information content (AvgIpc) is 3.27. The van der Waals surface area contributed by atoms with E-state index in [0.29, 0.717) is 13.2 Å². The molecule has 1 aromatic rings. The van der Waals surface area contributed by atoms with Gasteiger partial charge in [-0.3, -0.25) is 14.6 Å². The van der Waals surface area contributed by atoms with Gasteiger partial charge >= 0.3 is 5.97 Å². The summed E-state index contributed by atoms with van der Waals surface area (Å²) in [6, 6.07) is 1.37. The molecule has 0 unspecified atom stereocenters. The Kier molecular flexibility index (Phi) is 9.49. The number of ether oxygens (including phenoxy) is 1. The first-order valence-corrected chi connectivity index (χ1v) is 8.27. The molecule has 0 aliphatic carbocycles. The van der Waals surface area contributed by atoms with Crippen LogP contribution in [-0.4, -0.2) is 60.9 Å². The number of carbonyl (C=O) groups is 2. The predicted molar refractivity (Wildman–Crippen MR) is 90.9 cm³/mol. The molecule has 1 aliphatic rings. The minimum atomic E-state index is -0.987. The summed E-state index contributed by atoms with van der Waals surface area (Å²) in [7, 11) is 0. The Morgan fingerprint density at radius 1 is 1.40 bits per heavy atom. The highest BCUT2D eigenvalue weighted by Crippen LogP contribution is 2.11. The normalized spacial score (nSPS) is 12.3. The molecule has 1 amide bonds. The van der Waals surface area contributed by atoms with E-state index in [0.717, 1.165) is 25.5 Å². The van der Waals surface area contributed by atoms with Crippen LogP contribution in [0, 0.1) is 0 Å². The highest BCUT2D eigenvalue weighted by molar-refractivity contribution is 5.91. The zero-order chi connectivity index (χ0) is 18.5. The number of guanidine groups is 1. The van der Waals surface area contributed by atoms with Gasteiger partial charge in [0.05, 0.1) is 25.6 Å². The molecule has 0 radical (unpaired) electrons. The fourth-order valence-corrected chi connectivity index (χ4v) is 1.78. The van der Waals surface area contributed by atoms with Crippen molar-refractivity contribution in [3.63, 3.8) is 0 Å². The van der Waals surface area contributed by atoms with Gasteiger partial charge in [-0.15, -0.1) is 0 Å². The van der Waals surface area contributed by atoms with Crippen molar-refractivity contribution in [3.8, 4) is 5.88 Å². The molecule has 25 heavy (non-hydrogen) atoms. The lowest BCUT2D eigenvalue weighted by atomic mass is 10.4. The summed E-state index contributed by atoms with van der Waals surface area (Å²) in [6.07, 6.45) is 0.573. The number of aliphatic carboxylic acids is 1. The Morgan fingerprint density at radius 2 is 2.20 bits per heavy atom. The quantitative estimate of drug-likeness (QED) is 0.462. The Hall–Kier alpha value is -2.78. The lowest BCUT2D eigenvalue weighted by Gasteiger charge is -2.06. The average molecular weight is 355 g/mol. The number of aromatic nitrogens is 1. The van der Waals surface area contributed by atoms with Crippen molar-refractivity contribution in [1.29, 1.82) is 0 Å².